The number of aliphatic carboxylic acids is 1. The van der Waals surface area contributed by atoms with Gasteiger partial charge in [-0.05, 0) is 24.1 Å². The van der Waals surface area contributed by atoms with Crippen LogP contribution < -0.4 is 10.5 Å². The molecule has 100 valence electrons. The molecule has 1 rings (SSSR count). The molecule has 0 fully saturated rings. The molecule has 18 heavy (non-hydrogen) atoms. The number of carboxylic acids is 1. The van der Waals surface area contributed by atoms with E-state index in [1.807, 2.05) is 0 Å². The number of ether oxygens (including phenoxy) is 1. The van der Waals surface area contributed by atoms with E-state index in [9.17, 15) is 18.0 Å². The van der Waals surface area contributed by atoms with E-state index in [-0.39, 0.29) is 12.2 Å². The van der Waals surface area contributed by atoms with E-state index in [0.29, 0.717) is 10.0 Å². The average Bonchev–Trinajstić information content (AvgIpc) is 2.19. The SMILES string of the molecule is N[C@@H](Cc1ccc(OC(F)(F)F)cc1Br)C(=O)O. The molecule has 0 amide bonds. The number of nitrogens with two attached hydrogens (primary N) is 1. The van der Waals surface area contributed by atoms with Gasteiger partial charge in [-0.25, -0.2) is 0 Å². The lowest BCUT2D eigenvalue weighted by atomic mass is 10.1. The molecule has 0 bridgehead atoms. The van der Waals surface area contributed by atoms with Crippen LogP contribution in [-0.2, 0) is 11.2 Å². The first-order valence-electron chi connectivity index (χ1n) is 4.71. The number of benzene rings is 1. The third kappa shape index (κ3) is 4.53. The van der Waals surface area contributed by atoms with Crippen LogP contribution in [0.5, 0.6) is 5.75 Å². The molecule has 0 aliphatic heterocycles. The fourth-order valence-electron chi connectivity index (χ4n) is 1.21. The average molecular weight is 328 g/mol. The zero-order chi connectivity index (χ0) is 13.9. The fourth-order valence-corrected chi connectivity index (χ4v) is 1.73. The first-order chi connectivity index (χ1) is 8.19. The van der Waals surface area contributed by atoms with Crippen LogP contribution in [0.15, 0.2) is 22.7 Å². The molecule has 4 nitrogen and oxygen atoms in total. The molecule has 0 aliphatic rings. The number of carboxylic acid groups (broad SMARTS) is 1. The minimum Gasteiger partial charge on any atom is -0.480 e. The minimum absolute atomic E-state index is 0.00220. The molecule has 0 saturated carbocycles. The van der Waals surface area contributed by atoms with Crippen molar-refractivity contribution in [3.05, 3.63) is 28.2 Å². The van der Waals surface area contributed by atoms with Crippen LogP contribution in [0.2, 0.25) is 0 Å². The van der Waals surface area contributed by atoms with E-state index in [0.717, 1.165) is 12.1 Å². The predicted molar refractivity (Wildman–Crippen MR) is 60.1 cm³/mol. The van der Waals surface area contributed by atoms with Crippen LogP contribution in [0.25, 0.3) is 0 Å². The summed E-state index contributed by atoms with van der Waals surface area (Å²) < 4.78 is 39.9. The van der Waals surface area contributed by atoms with Gasteiger partial charge in [-0.3, -0.25) is 4.79 Å². The first-order valence-corrected chi connectivity index (χ1v) is 5.51. The van der Waals surface area contributed by atoms with Crippen LogP contribution in [0.4, 0.5) is 13.2 Å². The Labute approximate surface area is 109 Å². The maximum Gasteiger partial charge on any atom is 0.573 e. The summed E-state index contributed by atoms with van der Waals surface area (Å²) in [5.74, 6) is -1.57. The van der Waals surface area contributed by atoms with Crippen molar-refractivity contribution in [3.63, 3.8) is 0 Å². The van der Waals surface area contributed by atoms with Crippen molar-refractivity contribution >= 4 is 21.9 Å². The molecular weight excluding hydrogens is 319 g/mol. The topological polar surface area (TPSA) is 72.5 Å². The van der Waals surface area contributed by atoms with Crippen molar-refractivity contribution < 1.29 is 27.8 Å². The second kappa shape index (κ2) is 5.57. The van der Waals surface area contributed by atoms with Gasteiger partial charge in [0.15, 0.2) is 0 Å². The van der Waals surface area contributed by atoms with Crippen molar-refractivity contribution in [3.8, 4) is 5.75 Å². The Kier molecular flexibility index (Phi) is 4.58. The molecule has 3 N–H and O–H groups in total. The van der Waals surface area contributed by atoms with E-state index in [1.165, 1.54) is 6.07 Å². The van der Waals surface area contributed by atoms with Crippen molar-refractivity contribution in [2.45, 2.75) is 18.8 Å². The normalized spacial score (nSPS) is 13.2. The monoisotopic (exact) mass is 327 g/mol. The minimum atomic E-state index is -4.77. The van der Waals surface area contributed by atoms with Gasteiger partial charge in [0.1, 0.15) is 11.8 Å². The smallest absolute Gasteiger partial charge is 0.480 e. The van der Waals surface area contributed by atoms with Crippen molar-refractivity contribution in [1.82, 2.24) is 0 Å². The Morgan fingerprint density at radius 2 is 2.11 bits per heavy atom. The zero-order valence-corrected chi connectivity index (χ0v) is 10.5. The molecule has 8 heteroatoms. The molecule has 0 aromatic heterocycles. The number of carbonyl (C=O) groups is 1. The number of alkyl halides is 3. The third-order valence-corrected chi connectivity index (χ3v) is 2.75. The standard InChI is InChI=1S/C10H9BrF3NO3/c11-7-4-6(18-10(12,13)14)2-1-5(7)3-8(15)9(16)17/h1-2,4,8H,3,15H2,(H,16,17)/t8-/m0/s1. The highest BCUT2D eigenvalue weighted by Gasteiger charge is 2.31. The van der Waals surface area contributed by atoms with E-state index >= 15 is 0 Å². The highest BCUT2D eigenvalue weighted by molar-refractivity contribution is 9.10. The molecule has 1 aromatic carbocycles. The maximum absolute atomic E-state index is 12.0. The molecule has 0 spiro atoms. The van der Waals surface area contributed by atoms with Gasteiger partial charge in [0.25, 0.3) is 0 Å². The summed E-state index contributed by atoms with van der Waals surface area (Å²) in [6.07, 6.45) is -4.76. The second-order valence-corrected chi connectivity index (χ2v) is 4.30. The Balaban J connectivity index is 2.83. The van der Waals surface area contributed by atoms with Crippen LogP contribution in [-0.4, -0.2) is 23.5 Å². The zero-order valence-electron chi connectivity index (χ0n) is 8.87. The first kappa shape index (κ1) is 14.8. The Morgan fingerprint density at radius 1 is 1.50 bits per heavy atom. The lowest BCUT2D eigenvalue weighted by molar-refractivity contribution is -0.274. The van der Waals surface area contributed by atoms with Crippen LogP contribution in [0.1, 0.15) is 5.56 Å². The predicted octanol–water partition coefficient (Wildman–Crippen LogP) is 2.30. The lowest BCUT2D eigenvalue weighted by Crippen LogP contribution is -2.32. The van der Waals surface area contributed by atoms with Gasteiger partial charge in [0.05, 0.1) is 0 Å². The molecule has 1 aromatic rings. The van der Waals surface area contributed by atoms with Gasteiger partial charge in [-0.15, -0.1) is 13.2 Å². The highest BCUT2D eigenvalue weighted by Crippen LogP contribution is 2.28. The fraction of sp³-hybridized carbons (Fsp3) is 0.300. The van der Waals surface area contributed by atoms with Crippen LogP contribution in [0.3, 0.4) is 0 Å². The summed E-state index contributed by atoms with van der Waals surface area (Å²) in [7, 11) is 0. The van der Waals surface area contributed by atoms with Crippen molar-refractivity contribution in [2.24, 2.45) is 5.73 Å². The number of hydrogen-bond donors (Lipinski definition) is 2. The summed E-state index contributed by atoms with van der Waals surface area (Å²) in [5.41, 5.74) is 5.81. The number of hydrogen-bond acceptors (Lipinski definition) is 3. The Hall–Kier alpha value is -1.28. The van der Waals surface area contributed by atoms with E-state index < -0.39 is 18.4 Å². The summed E-state index contributed by atoms with van der Waals surface area (Å²) >= 11 is 3.04. The summed E-state index contributed by atoms with van der Waals surface area (Å²) in [6, 6.07) is 2.42. The third-order valence-electron chi connectivity index (χ3n) is 2.02. The number of halogens is 4. The molecule has 0 heterocycles. The quantitative estimate of drug-likeness (QED) is 0.890. The Morgan fingerprint density at radius 3 is 2.56 bits per heavy atom. The number of rotatable bonds is 4. The van der Waals surface area contributed by atoms with E-state index in [4.69, 9.17) is 10.8 Å². The lowest BCUT2D eigenvalue weighted by Gasteiger charge is -2.12. The summed E-state index contributed by atoms with van der Waals surface area (Å²) in [4.78, 5) is 10.6. The van der Waals surface area contributed by atoms with Gasteiger partial charge >= 0.3 is 12.3 Å². The molecule has 0 saturated heterocycles. The molecule has 0 aliphatic carbocycles. The second-order valence-electron chi connectivity index (χ2n) is 3.45. The van der Waals surface area contributed by atoms with Gasteiger partial charge in [-0.1, -0.05) is 22.0 Å². The molecular formula is C10H9BrF3NO3. The largest absolute Gasteiger partial charge is 0.573 e. The van der Waals surface area contributed by atoms with Gasteiger partial charge in [0.2, 0.25) is 0 Å². The van der Waals surface area contributed by atoms with Crippen molar-refractivity contribution in [1.29, 1.82) is 0 Å². The summed E-state index contributed by atoms with van der Waals surface area (Å²) in [6.45, 7) is 0. The van der Waals surface area contributed by atoms with Crippen LogP contribution in [0, 0.1) is 0 Å². The van der Waals surface area contributed by atoms with Gasteiger partial charge < -0.3 is 15.6 Å². The van der Waals surface area contributed by atoms with Gasteiger partial charge in [0, 0.05) is 4.47 Å². The van der Waals surface area contributed by atoms with Gasteiger partial charge in [-0.2, -0.15) is 0 Å². The van der Waals surface area contributed by atoms with Crippen molar-refractivity contribution in [2.75, 3.05) is 0 Å². The van der Waals surface area contributed by atoms with Crippen LogP contribution >= 0.6 is 15.9 Å². The Bertz CT molecular complexity index is 450. The van der Waals surface area contributed by atoms with E-state index in [1.54, 1.807) is 0 Å². The maximum atomic E-state index is 12.0. The summed E-state index contributed by atoms with van der Waals surface area (Å²) in [5, 5.41) is 8.63. The van der Waals surface area contributed by atoms with E-state index in [2.05, 4.69) is 20.7 Å². The molecule has 0 radical (unpaired) electrons. The molecule has 0 unspecified atom stereocenters. The molecule has 1 atom stereocenters. The highest BCUT2D eigenvalue weighted by atomic mass is 79.9.